The number of sulfonamides is 1. The molecule has 10 heteroatoms. The average Bonchev–Trinajstić information content (AvgIpc) is 2.91. The van der Waals surface area contributed by atoms with E-state index in [1.165, 1.54) is 29.2 Å². The van der Waals surface area contributed by atoms with Gasteiger partial charge in [-0.1, -0.05) is 48.9 Å². The number of ether oxygens (including phenoxy) is 1. The van der Waals surface area contributed by atoms with Crippen LogP contribution in [0.5, 0.6) is 5.75 Å². The standard InChI is InChI=1S/C31H38ClN3O5S/c1-7-27(30(37)33-31(3,4)5)34(20-23-12-10-13-25(19-23)40-6)29(36)21-35(28-14-9-8-11-22(28)2)41(38,39)26-17-15-24(32)16-18-26/h8-19,27H,7,20-21H2,1-6H3,(H,33,37)/t27-/m1/s1. The molecule has 220 valence electrons. The van der Waals surface area contributed by atoms with E-state index < -0.39 is 34.1 Å². The Kier molecular flexibility index (Phi) is 10.4. The van der Waals surface area contributed by atoms with Crippen LogP contribution < -0.4 is 14.4 Å². The smallest absolute Gasteiger partial charge is 0.264 e. The molecule has 3 rings (SSSR count). The number of amides is 2. The van der Waals surface area contributed by atoms with Crippen LogP contribution in [0.2, 0.25) is 5.02 Å². The zero-order valence-electron chi connectivity index (χ0n) is 24.3. The molecule has 0 fully saturated rings. The van der Waals surface area contributed by atoms with Crippen molar-refractivity contribution >= 4 is 39.1 Å². The molecule has 3 aromatic carbocycles. The molecule has 41 heavy (non-hydrogen) atoms. The van der Waals surface area contributed by atoms with Crippen LogP contribution in [-0.2, 0) is 26.2 Å². The maximum absolute atomic E-state index is 14.2. The molecule has 0 aromatic heterocycles. The summed E-state index contributed by atoms with van der Waals surface area (Å²) in [5.41, 5.74) is 1.25. The number of aryl methyl sites for hydroxylation is 1. The molecule has 0 bridgehead atoms. The fraction of sp³-hybridized carbons (Fsp3) is 0.355. The quantitative estimate of drug-likeness (QED) is 0.311. The second-order valence-electron chi connectivity index (χ2n) is 10.8. The highest BCUT2D eigenvalue weighted by atomic mass is 35.5. The molecule has 0 saturated heterocycles. The normalized spacial score (nSPS) is 12.4. The Balaban J connectivity index is 2.09. The highest BCUT2D eigenvalue weighted by Gasteiger charge is 2.35. The molecule has 2 amide bonds. The summed E-state index contributed by atoms with van der Waals surface area (Å²) in [6.45, 7) is 8.76. The third kappa shape index (κ3) is 8.24. The minimum Gasteiger partial charge on any atom is -0.497 e. The van der Waals surface area contributed by atoms with Gasteiger partial charge in [-0.25, -0.2) is 8.42 Å². The largest absolute Gasteiger partial charge is 0.497 e. The number of rotatable bonds is 11. The van der Waals surface area contributed by atoms with E-state index in [0.29, 0.717) is 28.4 Å². The van der Waals surface area contributed by atoms with E-state index in [2.05, 4.69) is 5.32 Å². The van der Waals surface area contributed by atoms with Crippen molar-refractivity contribution in [3.63, 3.8) is 0 Å². The number of halogens is 1. The number of hydrogen-bond donors (Lipinski definition) is 1. The van der Waals surface area contributed by atoms with Crippen LogP contribution in [0.25, 0.3) is 0 Å². The lowest BCUT2D eigenvalue weighted by molar-refractivity contribution is -0.141. The summed E-state index contributed by atoms with van der Waals surface area (Å²) in [6, 6.07) is 19.1. The molecule has 3 aromatic rings. The lowest BCUT2D eigenvalue weighted by Gasteiger charge is -2.35. The topological polar surface area (TPSA) is 96.0 Å². The number of nitrogens with one attached hydrogen (secondary N) is 1. The molecule has 0 aliphatic carbocycles. The van der Waals surface area contributed by atoms with E-state index in [9.17, 15) is 18.0 Å². The van der Waals surface area contributed by atoms with Gasteiger partial charge in [-0.05, 0) is 87.7 Å². The van der Waals surface area contributed by atoms with Crippen molar-refractivity contribution in [2.24, 2.45) is 0 Å². The van der Waals surface area contributed by atoms with Gasteiger partial charge in [0.2, 0.25) is 11.8 Å². The fourth-order valence-corrected chi connectivity index (χ4v) is 6.03. The van der Waals surface area contributed by atoms with Crippen LogP contribution in [0.4, 0.5) is 5.69 Å². The van der Waals surface area contributed by atoms with Gasteiger partial charge < -0.3 is 15.0 Å². The van der Waals surface area contributed by atoms with Gasteiger partial charge in [-0.2, -0.15) is 0 Å². The molecule has 0 radical (unpaired) electrons. The molecular weight excluding hydrogens is 562 g/mol. The van der Waals surface area contributed by atoms with Gasteiger partial charge >= 0.3 is 0 Å². The lowest BCUT2D eigenvalue weighted by atomic mass is 10.1. The van der Waals surface area contributed by atoms with Gasteiger partial charge in [0.25, 0.3) is 10.0 Å². The van der Waals surface area contributed by atoms with Crippen LogP contribution in [-0.4, -0.2) is 50.4 Å². The van der Waals surface area contributed by atoms with Crippen molar-refractivity contribution in [2.75, 3.05) is 18.0 Å². The summed E-state index contributed by atoms with van der Waals surface area (Å²) in [5, 5.41) is 3.36. The molecule has 0 aliphatic rings. The first kappa shape index (κ1) is 32.0. The summed E-state index contributed by atoms with van der Waals surface area (Å²) < 4.78 is 34.4. The molecule has 1 atom stereocenters. The molecule has 0 saturated carbocycles. The Morgan fingerprint density at radius 2 is 1.66 bits per heavy atom. The maximum Gasteiger partial charge on any atom is 0.264 e. The second kappa shape index (κ2) is 13.4. The molecule has 0 aliphatic heterocycles. The van der Waals surface area contributed by atoms with Gasteiger partial charge in [0, 0.05) is 17.1 Å². The SMILES string of the molecule is CC[C@H](C(=O)NC(C)(C)C)N(Cc1cccc(OC)c1)C(=O)CN(c1ccccc1C)S(=O)(=O)c1ccc(Cl)cc1. The number of carbonyl (C=O) groups is 2. The van der Waals surface area contributed by atoms with Crippen LogP contribution in [0, 0.1) is 6.92 Å². The number of hydrogen-bond acceptors (Lipinski definition) is 5. The van der Waals surface area contributed by atoms with Crippen molar-refractivity contribution in [1.29, 1.82) is 0 Å². The van der Waals surface area contributed by atoms with E-state index in [1.54, 1.807) is 56.5 Å². The van der Waals surface area contributed by atoms with Gasteiger partial charge in [0.05, 0.1) is 17.7 Å². The molecular formula is C31H38ClN3O5S. The van der Waals surface area contributed by atoms with Crippen molar-refractivity contribution in [2.45, 2.75) is 64.1 Å². The Morgan fingerprint density at radius 1 is 1.00 bits per heavy atom. The summed E-state index contributed by atoms with van der Waals surface area (Å²) in [4.78, 5) is 29.1. The van der Waals surface area contributed by atoms with Crippen LogP contribution in [0.1, 0.15) is 45.2 Å². The summed E-state index contributed by atoms with van der Waals surface area (Å²) in [6.07, 6.45) is 0.325. The minimum atomic E-state index is -4.18. The Morgan fingerprint density at radius 3 is 2.24 bits per heavy atom. The number of nitrogens with zero attached hydrogens (tertiary/aromatic N) is 2. The molecule has 1 N–H and O–H groups in total. The van der Waals surface area contributed by atoms with Crippen molar-refractivity contribution in [3.05, 3.63) is 88.9 Å². The molecule has 0 unspecified atom stereocenters. The number of methoxy groups -OCH3 is 1. The summed E-state index contributed by atoms with van der Waals surface area (Å²) in [7, 11) is -2.63. The predicted molar refractivity (Wildman–Crippen MR) is 163 cm³/mol. The number of anilines is 1. The summed E-state index contributed by atoms with van der Waals surface area (Å²) >= 11 is 6.02. The third-order valence-corrected chi connectivity index (χ3v) is 8.46. The average molecular weight is 600 g/mol. The summed E-state index contributed by atoms with van der Waals surface area (Å²) in [5.74, 6) is -0.238. The highest BCUT2D eigenvalue weighted by molar-refractivity contribution is 7.92. The van der Waals surface area contributed by atoms with E-state index >= 15 is 0 Å². The van der Waals surface area contributed by atoms with Crippen LogP contribution in [0.3, 0.4) is 0 Å². The minimum absolute atomic E-state index is 0.00480. The molecule has 0 spiro atoms. The third-order valence-electron chi connectivity index (χ3n) is 6.44. The Bertz CT molecular complexity index is 1470. The first-order valence-corrected chi connectivity index (χ1v) is 15.2. The van der Waals surface area contributed by atoms with Gasteiger partial charge in [-0.3, -0.25) is 13.9 Å². The fourth-order valence-electron chi connectivity index (χ4n) is 4.43. The van der Waals surface area contributed by atoms with Gasteiger partial charge in [0.15, 0.2) is 0 Å². The Hall–Kier alpha value is -3.56. The maximum atomic E-state index is 14.2. The monoisotopic (exact) mass is 599 g/mol. The number of para-hydroxylation sites is 1. The lowest BCUT2D eigenvalue weighted by Crippen LogP contribution is -2.55. The van der Waals surface area contributed by atoms with Crippen LogP contribution >= 0.6 is 11.6 Å². The Labute approximate surface area is 248 Å². The van der Waals surface area contributed by atoms with Crippen LogP contribution in [0.15, 0.2) is 77.7 Å². The van der Waals surface area contributed by atoms with E-state index in [1.807, 2.05) is 33.8 Å². The zero-order valence-corrected chi connectivity index (χ0v) is 25.9. The van der Waals surface area contributed by atoms with Gasteiger partial charge in [0.1, 0.15) is 18.3 Å². The second-order valence-corrected chi connectivity index (χ2v) is 13.1. The first-order valence-electron chi connectivity index (χ1n) is 13.3. The highest BCUT2D eigenvalue weighted by Crippen LogP contribution is 2.28. The zero-order chi connectivity index (χ0) is 30.4. The van der Waals surface area contributed by atoms with Crippen molar-refractivity contribution in [1.82, 2.24) is 10.2 Å². The number of benzene rings is 3. The van der Waals surface area contributed by atoms with E-state index in [4.69, 9.17) is 16.3 Å². The molecule has 0 heterocycles. The van der Waals surface area contributed by atoms with Crippen molar-refractivity contribution in [3.8, 4) is 5.75 Å². The predicted octanol–water partition coefficient (Wildman–Crippen LogP) is 5.57. The molecule has 8 nitrogen and oxygen atoms in total. The first-order chi connectivity index (χ1) is 19.3. The van der Waals surface area contributed by atoms with E-state index in [0.717, 1.165) is 9.87 Å². The van der Waals surface area contributed by atoms with E-state index in [-0.39, 0.29) is 17.3 Å². The number of carbonyl (C=O) groups excluding carboxylic acids is 2. The van der Waals surface area contributed by atoms with Crippen molar-refractivity contribution < 1.29 is 22.7 Å². The van der Waals surface area contributed by atoms with Gasteiger partial charge in [-0.15, -0.1) is 0 Å².